The molecular formula is C19H30N4O2. The molecule has 2 fully saturated rings. The standard InChI is InChI=1S/C19H30N4O2/c24-19(7-6-18-5-1-2-11-25-18)23(14-16-12-21-15-22-13-16)17-4-3-9-20-10-8-17/h12-13,15,17-18,20H,1-11,14H2/t17-,18+/m1/s1. The van der Waals surface area contributed by atoms with Crippen LogP contribution in [0.4, 0.5) is 0 Å². The fourth-order valence-electron chi connectivity index (χ4n) is 3.80. The van der Waals surface area contributed by atoms with Gasteiger partial charge in [0, 0.05) is 43.6 Å². The molecule has 6 nitrogen and oxygen atoms in total. The van der Waals surface area contributed by atoms with Gasteiger partial charge in [0.05, 0.1) is 6.10 Å². The van der Waals surface area contributed by atoms with Crippen molar-refractivity contribution in [2.24, 2.45) is 0 Å². The lowest BCUT2D eigenvalue weighted by Crippen LogP contribution is -2.40. The van der Waals surface area contributed by atoms with Gasteiger partial charge in [-0.3, -0.25) is 4.79 Å². The van der Waals surface area contributed by atoms with Gasteiger partial charge in [0.2, 0.25) is 5.91 Å². The van der Waals surface area contributed by atoms with Crippen LogP contribution >= 0.6 is 0 Å². The molecule has 0 aromatic carbocycles. The molecule has 6 heteroatoms. The smallest absolute Gasteiger partial charge is 0.223 e. The Balaban J connectivity index is 1.62. The van der Waals surface area contributed by atoms with Gasteiger partial charge >= 0.3 is 0 Å². The first-order valence-corrected chi connectivity index (χ1v) is 9.68. The van der Waals surface area contributed by atoms with Crippen LogP contribution in [0.2, 0.25) is 0 Å². The van der Waals surface area contributed by atoms with E-state index in [1.807, 2.05) is 12.4 Å². The van der Waals surface area contributed by atoms with Crippen molar-refractivity contribution in [1.82, 2.24) is 20.2 Å². The van der Waals surface area contributed by atoms with Crippen LogP contribution in [0.25, 0.3) is 0 Å². The molecule has 2 aliphatic heterocycles. The third-order valence-electron chi connectivity index (χ3n) is 5.23. The molecule has 2 aliphatic rings. The topological polar surface area (TPSA) is 67.3 Å². The first kappa shape index (κ1) is 18.3. The van der Waals surface area contributed by atoms with Gasteiger partial charge in [-0.2, -0.15) is 0 Å². The van der Waals surface area contributed by atoms with E-state index in [1.54, 1.807) is 0 Å². The Morgan fingerprint density at radius 3 is 2.84 bits per heavy atom. The van der Waals surface area contributed by atoms with Crippen molar-refractivity contribution >= 4 is 5.91 Å². The molecule has 0 bridgehead atoms. The molecular weight excluding hydrogens is 316 g/mol. The zero-order chi connectivity index (χ0) is 17.3. The summed E-state index contributed by atoms with van der Waals surface area (Å²) in [6.45, 7) is 3.47. The molecule has 0 radical (unpaired) electrons. The average Bonchev–Trinajstić information content (AvgIpc) is 2.95. The zero-order valence-electron chi connectivity index (χ0n) is 15.0. The lowest BCUT2D eigenvalue weighted by molar-refractivity contribution is -0.135. The summed E-state index contributed by atoms with van der Waals surface area (Å²) in [5.41, 5.74) is 1.00. The Morgan fingerprint density at radius 1 is 1.16 bits per heavy atom. The summed E-state index contributed by atoms with van der Waals surface area (Å²) >= 11 is 0. The lowest BCUT2D eigenvalue weighted by Gasteiger charge is -2.32. The SMILES string of the molecule is O=C(CC[C@@H]1CCCCO1)N(Cc1cncnc1)[C@@H]1CCCNCC1. The zero-order valence-corrected chi connectivity index (χ0v) is 15.0. The number of aromatic nitrogens is 2. The first-order chi connectivity index (χ1) is 12.3. The molecule has 1 aromatic heterocycles. The number of ether oxygens (including phenoxy) is 1. The van der Waals surface area contributed by atoms with E-state index < -0.39 is 0 Å². The molecule has 2 atom stereocenters. The van der Waals surface area contributed by atoms with Crippen molar-refractivity contribution in [3.63, 3.8) is 0 Å². The number of nitrogens with zero attached hydrogens (tertiary/aromatic N) is 3. The van der Waals surface area contributed by atoms with Gasteiger partial charge < -0.3 is 15.0 Å². The summed E-state index contributed by atoms with van der Waals surface area (Å²) in [6.07, 6.45) is 13.5. The molecule has 1 amide bonds. The van der Waals surface area contributed by atoms with Gasteiger partial charge in [0.25, 0.3) is 0 Å². The van der Waals surface area contributed by atoms with Gasteiger partial charge in [-0.15, -0.1) is 0 Å². The number of rotatable bonds is 6. The second kappa shape index (κ2) is 9.82. The molecule has 0 saturated carbocycles. The molecule has 2 saturated heterocycles. The van der Waals surface area contributed by atoms with Crippen LogP contribution in [0, 0.1) is 0 Å². The molecule has 0 unspecified atom stereocenters. The van der Waals surface area contributed by atoms with Crippen molar-refractivity contribution < 1.29 is 9.53 Å². The van der Waals surface area contributed by atoms with Crippen molar-refractivity contribution in [2.45, 2.75) is 70.1 Å². The monoisotopic (exact) mass is 346 g/mol. The normalized spacial score (nSPS) is 24.5. The highest BCUT2D eigenvalue weighted by Gasteiger charge is 2.26. The minimum Gasteiger partial charge on any atom is -0.378 e. The number of amides is 1. The van der Waals surface area contributed by atoms with Gasteiger partial charge in [0.15, 0.2) is 0 Å². The second-order valence-corrected chi connectivity index (χ2v) is 7.13. The highest BCUT2D eigenvalue weighted by molar-refractivity contribution is 5.76. The maximum Gasteiger partial charge on any atom is 0.223 e. The fourth-order valence-corrected chi connectivity index (χ4v) is 3.80. The van der Waals surface area contributed by atoms with Crippen LogP contribution < -0.4 is 5.32 Å². The van der Waals surface area contributed by atoms with Crippen LogP contribution in [0.1, 0.15) is 56.9 Å². The summed E-state index contributed by atoms with van der Waals surface area (Å²) in [7, 11) is 0. The fraction of sp³-hybridized carbons (Fsp3) is 0.737. The molecule has 25 heavy (non-hydrogen) atoms. The van der Waals surface area contributed by atoms with Crippen molar-refractivity contribution in [3.05, 3.63) is 24.3 Å². The summed E-state index contributed by atoms with van der Waals surface area (Å²) in [4.78, 5) is 23.3. The number of carbonyl (C=O) groups excluding carboxylic acids is 1. The highest BCUT2D eigenvalue weighted by atomic mass is 16.5. The van der Waals surface area contributed by atoms with E-state index >= 15 is 0 Å². The average molecular weight is 346 g/mol. The van der Waals surface area contributed by atoms with Crippen LogP contribution in [-0.4, -0.2) is 52.6 Å². The van der Waals surface area contributed by atoms with Gasteiger partial charge in [-0.05, 0) is 58.0 Å². The molecule has 1 N–H and O–H groups in total. The second-order valence-electron chi connectivity index (χ2n) is 7.13. The number of nitrogens with one attached hydrogen (secondary N) is 1. The van der Waals surface area contributed by atoms with E-state index in [4.69, 9.17) is 4.74 Å². The van der Waals surface area contributed by atoms with E-state index in [-0.39, 0.29) is 12.0 Å². The molecule has 3 heterocycles. The van der Waals surface area contributed by atoms with Crippen LogP contribution in [0.3, 0.4) is 0 Å². The van der Waals surface area contributed by atoms with E-state index in [9.17, 15) is 4.79 Å². The first-order valence-electron chi connectivity index (χ1n) is 9.68. The van der Waals surface area contributed by atoms with Crippen LogP contribution in [-0.2, 0) is 16.1 Å². The van der Waals surface area contributed by atoms with Crippen molar-refractivity contribution in [3.8, 4) is 0 Å². The maximum atomic E-state index is 13.0. The Hall–Kier alpha value is -1.53. The van der Waals surface area contributed by atoms with E-state index in [2.05, 4.69) is 20.2 Å². The van der Waals surface area contributed by atoms with E-state index in [1.165, 1.54) is 12.7 Å². The number of hydrogen-bond acceptors (Lipinski definition) is 5. The predicted octanol–water partition coefficient (Wildman–Crippen LogP) is 2.30. The maximum absolute atomic E-state index is 13.0. The highest BCUT2D eigenvalue weighted by Crippen LogP contribution is 2.21. The number of carbonyl (C=O) groups is 1. The predicted molar refractivity (Wildman–Crippen MR) is 95.9 cm³/mol. The summed E-state index contributed by atoms with van der Waals surface area (Å²) in [6, 6.07) is 0.301. The van der Waals surface area contributed by atoms with E-state index in [0.717, 1.165) is 63.8 Å². The third kappa shape index (κ3) is 5.75. The van der Waals surface area contributed by atoms with E-state index in [0.29, 0.717) is 19.0 Å². The van der Waals surface area contributed by atoms with Gasteiger partial charge in [-0.1, -0.05) is 0 Å². The molecule has 0 spiro atoms. The molecule has 3 rings (SSSR count). The Kier molecular flexibility index (Phi) is 7.18. The van der Waals surface area contributed by atoms with Gasteiger partial charge in [-0.25, -0.2) is 9.97 Å². The Morgan fingerprint density at radius 2 is 2.04 bits per heavy atom. The summed E-state index contributed by atoms with van der Waals surface area (Å²) < 4.78 is 5.79. The lowest BCUT2D eigenvalue weighted by atomic mass is 10.0. The van der Waals surface area contributed by atoms with Crippen LogP contribution in [0.5, 0.6) is 0 Å². The van der Waals surface area contributed by atoms with Crippen molar-refractivity contribution in [2.75, 3.05) is 19.7 Å². The third-order valence-corrected chi connectivity index (χ3v) is 5.23. The quantitative estimate of drug-likeness (QED) is 0.856. The Bertz CT molecular complexity index is 511. The molecule has 0 aliphatic carbocycles. The minimum absolute atomic E-state index is 0.241. The summed E-state index contributed by atoms with van der Waals surface area (Å²) in [5, 5.41) is 3.44. The Labute approximate surface area is 150 Å². The molecule has 138 valence electrons. The van der Waals surface area contributed by atoms with Gasteiger partial charge in [0.1, 0.15) is 6.33 Å². The van der Waals surface area contributed by atoms with Crippen molar-refractivity contribution in [1.29, 1.82) is 0 Å². The van der Waals surface area contributed by atoms with Crippen LogP contribution in [0.15, 0.2) is 18.7 Å². The summed E-state index contributed by atoms with van der Waals surface area (Å²) in [5.74, 6) is 0.241. The molecule has 1 aromatic rings. The largest absolute Gasteiger partial charge is 0.378 e. The minimum atomic E-state index is 0.241. The number of hydrogen-bond donors (Lipinski definition) is 1.